The second kappa shape index (κ2) is 15.1. The molecule has 1 heterocycles. The molecule has 222 valence electrons. The lowest BCUT2D eigenvalue weighted by atomic mass is 10.1. The van der Waals surface area contributed by atoms with Gasteiger partial charge in [0.15, 0.2) is 0 Å². The molecule has 11 heteroatoms. The Hall–Kier alpha value is -3.46. The molecule has 3 aromatic rings. The second-order valence-corrected chi connectivity index (χ2v) is 11.3. The van der Waals surface area contributed by atoms with Crippen molar-refractivity contribution in [3.05, 3.63) is 92.4 Å². The molecule has 0 atom stereocenters. The smallest absolute Gasteiger partial charge is 0.317 e. The number of hydrogen-bond donors (Lipinski definition) is 3. The normalized spacial score (nSPS) is 13.3. The largest absolute Gasteiger partial charge is 0.368 e. The number of nitrogens with zero attached hydrogens (tertiary/aromatic N) is 2. The van der Waals surface area contributed by atoms with Crippen LogP contribution in [0.2, 0.25) is 15.1 Å². The summed E-state index contributed by atoms with van der Waals surface area (Å²) in [4.78, 5) is 42.8. The number of carbonyl (C=O) groups is 3. The van der Waals surface area contributed by atoms with Gasteiger partial charge >= 0.3 is 6.03 Å². The number of amides is 4. The van der Waals surface area contributed by atoms with Crippen molar-refractivity contribution in [3.63, 3.8) is 0 Å². The van der Waals surface area contributed by atoms with Crippen molar-refractivity contribution >= 4 is 64.0 Å². The molecule has 1 saturated heterocycles. The molecule has 3 aromatic carbocycles. The summed E-state index contributed by atoms with van der Waals surface area (Å²) in [5.74, 6) is -0.622. The number of halogens is 3. The summed E-state index contributed by atoms with van der Waals surface area (Å²) in [5.41, 5.74) is 2.95. The standard InChI is InChI=1S/C31H34Cl3N5O3/c1-2-12-36-31(42)39-15-4-14-38(16-17-39)28-10-8-23(19-27(28)37-30(41)22-5-3-6-24(32)18-22)29(40)35-13-11-21-7-9-25(33)20-26(21)34/h3,5-10,18-20H,2,4,11-17H2,1H3,(H,35,40)(H,36,42)(H,37,41). The second-order valence-electron chi connectivity index (χ2n) is 10.00. The van der Waals surface area contributed by atoms with E-state index in [4.69, 9.17) is 34.8 Å². The summed E-state index contributed by atoms with van der Waals surface area (Å²) in [6.07, 6.45) is 2.17. The summed E-state index contributed by atoms with van der Waals surface area (Å²) in [7, 11) is 0. The first-order chi connectivity index (χ1) is 20.2. The summed E-state index contributed by atoms with van der Waals surface area (Å²) in [6.45, 7) is 5.45. The van der Waals surface area contributed by atoms with E-state index in [1.165, 1.54) is 0 Å². The van der Waals surface area contributed by atoms with Gasteiger partial charge in [-0.2, -0.15) is 0 Å². The van der Waals surface area contributed by atoms with E-state index < -0.39 is 0 Å². The fraction of sp³-hybridized carbons (Fsp3) is 0.323. The van der Waals surface area contributed by atoms with E-state index in [1.807, 2.05) is 24.0 Å². The molecular formula is C31H34Cl3N5O3. The number of rotatable bonds is 9. The molecule has 1 aliphatic heterocycles. The summed E-state index contributed by atoms with van der Waals surface area (Å²) >= 11 is 18.4. The molecule has 8 nitrogen and oxygen atoms in total. The summed E-state index contributed by atoms with van der Waals surface area (Å²) in [5, 5.41) is 10.4. The van der Waals surface area contributed by atoms with Gasteiger partial charge in [0, 0.05) is 65.5 Å². The molecule has 1 aliphatic rings. The van der Waals surface area contributed by atoms with Gasteiger partial charge in [-0.25, -0.2) is 4.79 Å². The first kappa shape index (κ1) is 31.5. The van der Waals surface area contributed by atoms with Crippen molar-refractivity contribution in [1.29, 1.82) is 0 Å². The van der Waals surface area contributed by atoms with Crippen LogP contribution in [0.1, 0.15) is 46.0 Å². The van der Waals surface area contributed by atoms with Gasteiger partial charge in [-0.1, -0.05) is 53.9 Å². The fourth-order valence-electron chi connectivity index (χ4n) is 4.72. The lowest BCUT2D eigenvalue weighted by Crippen LogP contribution is -2.42. The zero-order chi connectivity index (χ0) is 30.1. The molecule has 0 aliphatic carbocycles. The van der Waals surface area contributed by atoms with Crippen molar-refractivity contribution in [2.45, 2.75) is 26.2 Å². The lowest BCUT2D eigenvalue weighted by Gasteiger charge is -2.26. The van der Waals surface area contributed by atoms with E-state index in [0.29, 0.717) is 77.6 Å². The van der Waals surface area contributed by atoms with Gasteiger partial charge in [0.05, 0.1) is 11.4 Å². The minimum absolute atomic E-state index is 0.0694. The number of anilines is 2. The average molecular weight is 631 g/mol. The van der Waals surface area contributed by atoms with Gasteiger partial charge in [-0.05, 0) is 73.4 Å². The van der Waals surface area contributed by atoms with Crippen LogP contribution in [0, 0.1) is 0 Å². The van der Waals surface area contributed by atoms with E-state index in [0.717, 1.165) is 24.1 Å². The van der Waals surface area contributed by atoms with Crippen LogP contribution in [-0.2, 0) is 6.42 Å². The summed E-state index contributed by atoms with van der Waals surface area (Å²) < 4.78 is 0. The van der Waals surface area contributed by atoms with Gasteiger partial charge in [0.2, 0.25) is 0 Å². The highest BCUT2D eigenvalue weighted by Crippen LogP contribution is 2.29. The third-order valence-electron chi connectivity index (χ3n) is 6.94. The van der Waals surface area contributed by atoms with Crippen LogP contribution in [0.3, 0.4) is 0 Å². The Morgan fingerprint density at radius 2 is 1.57 bits per heavy atom. The number of urea groups is 1. The Bertz CT molecular complexity index is 1430. The molecular weight excluding hydrogens is 597 g/mol. The number of nitrogens with one attached hydrogen (secondary N) is 3. The third-order valence-corrected chi connectivity index (χ3v) is 7.76. The Morgan fingerprint density at radius 3 is 2.33 bits per heavy atom. The molecule has 4 amide bonds. The quantitative estimate of drug-likeness (QED) is 0.252. The van der Waals surface area contributed by atoms with E-state index in [9.17, 15) is 14.4 Å². The molecule has 3 N–H and O–H groups in total. The van der Waals surface area contributed by atoms with E-state index >= 15 is 0 Å². The fourth-order valence-corrected chi connectivity index (χ4v) is 5.41. The average Bonchev–Trinajstić information content (AvgIpc) is 3.23. The van der Waals surface area contributed by atoms with E-state index in [2.05, 4.69) is 20.9 Å². The highest BCUT2D eigenvalue weighted by atomic mass is 35.5. The zero-order valence-electron chi connectivity index (χ0n) is 23.4. The van der Waals surface area contributed by atoms with Gasteiger partial charge in [-0.15, -0.1) is 0 Å². The predicted octanol–water partition coefficient (Wildman–Crippen LogP) is 6.50. The maximum Gasteiger partial charge on any atom is 0.317 e. The molecule has 0 aromatic heterocycles. The van der Waals surface area contributed by atoms with Crippen molar-refractivity contribution < 1.29 is 14.4 Å². The van der Waals surface area contributed by atoms with E-state index in [1.54, 1.807) is 48.5 Å². The van der Waals surface area contributed by atoms with Gasteiger partial charge in [-0.3, -0.25) is 9.59 Å². The minimum Gasteiger partial charge on any atom is -0.368 e. The van der Waals surface area contributed by atoms with E-state index in [-0.39, 0.29) is 17.8 Å². The molecule has 0 bridgehead atoms. The Morgan fingerprint density at radius 1 is 0.786 bits per heavy atom. The topological polar surface area (TPSA) is 93.8 Å². The molecule has 4 rings (SSSR count). The highest BCUT2D eigenvalue weighted by molar-refractivity contribution is 6.35. The van der Waals surface area contributed by atoms with Crippen molar-refractivity contribution in [2.75, 3.05) is 49.5 Å². The Labute approximate surface area is 261 Å². The third kappa shape index (κ3) is 8.53. The molecule has 42 heavy (non-hydrogen) atoms. The maximum atomic E-state index is 13.2. The van der Waals surface area contributed by atoms with Crippen LogP contribution in [0.25, 0.3) is 0 Å². The predicted molar refractivity (Wildman–Crippen MR) is 170 cm³/mol. The van der Waals surface area contributed by atoms with Gasteiger partial charge < -0.3 is 25.8 Å². The van der Waals surface area contributed by atoms with Crippen LogP contribution in [0.15, 0.2) is 60.7 Å². The van der Waals surface area contributed by atoms with Crippen LogP contribution in [0.5, 0.6) is 0 Å². The monoisotopic (exact) mass is 629 g/mol. The van der Waals surface area contributed by atoms with Crippen molar-refractivity contribution in [1.82, 2.24) is 15.5 Å². The molecule has 0 spiro atoms. The highest BCUT2D eigenvalue weighted by Gasteiger charge is 2.22. The first-order valence-electron chi connectivity index (χ1n) is 14.0. The van der Waals surface area contributed by atoms with Crippen molar-refractivity contribution in [2.24, 2.45) is 0 Å². The summed E-state index contributed by atoms with van der Waals surface area (Å²) in [6, 6.07) is 17.1. The van der Waals surface area contributed by atoms with Crippen LogP contribution in [-0.4, -0.2) is 62.0 Å². The maximum absolute atomic E-state index is 13.2. The molecule has 0 unspecified atom stereocenters. The Balaban J connectivity index is 1.52. The van der Waals surface area contributed by atoms with Crippen molar-refractivity contribution in [3.8, 4) is 0 Å². The SMILES string of the molecule is CCCNC(=O)N1CCCN(c2ccc(C(=O)NCCc3ccc(Cl)cc3Cl)cc2NC(=O)c2cccc(Cl)c2)CC1. The van der Waals surface area contributed by atoms with Crippen LogP contribution >= 0.6 is 34.8 Å². The molecule has 1 fully saturated rings. The first-order valence-corrected chi connectivity index (χ1v) is 15.1. The zero-order valence-corrected chi connectivity index (χ0v) is 25.7. The minimum atomic E-state index is -0.343. The molecule has 0 radical (unpaired) electrons. The lowest BCUT2D eigenvalue weighted by molar-refractivity contribution is 0.0952. The van der Waals surface area contributed by atoms with Crippen LogP contribution < -0.4 is 20.9 Å². The number of hydrogen-bond acceptors (Lipinski definition) is 4. The number of carbonyl (C=O) groups excluding carboxylic acids is 3. The molecule has 0 saturated carbocycles. The number of benzene rings is 3. The van der Waals surface area contributed by atoms with Crippen LogP contribution in [0.4, 0.5) is 16.2 Å². The Kier molecular flexibility index (Phi) is 11.3. The van der Waals surface area contributed by atoms with Gasteiger partial charge in [0.25, 0.3) is 11.8 Å². The van der Waals surface area contributed by atoms with Gasteiger partial charge in [0.1, 0.15) is 0 Å².